The first kappa shape index (κ1) is 11.0. The highest BCUT2D eigenvalue weighted by molar-refractivity contribution is 5.89. The van der Waals surface area contributed by atoms with Crippen LogP contribution in [0.5, 0.6) is 5.75 Å². The molecule has 0 amide bonds. The number of rotatable bonds is 3. The number of benzene rings is 2. The maximum absolute atomic E-state index is 10.1. The molecule has 2 heteroatoms. The van der Waals surface area contributed by atoms with Gasteiger partial charge in [0.25, 0.3) is 0 Å². The number of aliphatic hydroxyl groups is 1. The molecule has 2 nitrogen and oxygen atoms in total. The zero-order chi connectivity index (χ0) is 11.5. The quantitative estimate of drug-likeness (QED) is 0.828. The van der Waals surface area contributed by atoms with Gasteiger partial charge in [-0.3, -0.25) is 0 Å². The third kappa shape index (κ3) is 2.02. The van der Waals surface area contributed by atoms with Gasteiger partial charge >= 0.3 is 0 Å². The van der Waals surface area contributed by atoms with Crippen LogP contribution in [0.2, 0.25) is 0 Å². The van der Waals surface area contributed by atoms with Gasteiger partial charge in [0.1, 0.15) is 5.75 Å². The fraction of sp³-hybridized carbons (Fsp3) is 0.286. The smallest absolute Gasteiger partial charge is 0.126 e. The van der Waals surface area contributed by atoms with Gasteiger partial charge in [-0.25, -0.2) is 0 Å². The molecule has 0 aliphatic rings. The Morgan fingerprint density at radius 3 is 2.62 bits per heavy atom. The molecule has 16 heavy (non-hydrogen) atoms. The fourth-order valence-corrected chi connectivity index (χ4v) is 1.90. The molecular formula is C14H16O2. The highest BCUT2D eigenvalue weighted by Crippen LogP contribution is 2.29. The number of aliphatic hydroxyl groups excluding tert-OH is 1. The van der Waals surface area contributed by atoms with Crippen molar-refractivity contribution >= 4 is 10.8 Å². The molecule has 84 valence electrons. The molecule has 2 rings (SSSR count). The molecule has 0 spiro atoms. The van der Waals surface area contributed by atoms with E-state index in [0.29, 0.717) is 12.2 Å². The summed E-state index contributed by atoms with van der Waals surface area (Å²) in [5, 5.41) is 21.1. The van der Waals surface area contributed by atoms with Crippen LogP contribution in [0.25, 0.3) is 10.8 Å². The summed E-state index contributed by atoms with van der Waals surface area (Å²) in [6, 6.07) is 11.7. The van der Waals surface area contributed by atoms with E-state index in [0.717, 1.165) is 16.3 Å². The van der Waals surface area contributed by atoms with E-state index in [2.05, 4.69) is 0 Å². The first-order valence-corrected chi connectivity index (χ1v) is 5.53. The van der Waals surface area contributed by atoms with Gasteiger partial charge in [-0.1, -0.05) is 43.3 Å². The standard InChI is InChI=1S/C14H16O2/c1-10(9-15)8-12-7-6-11-4-2-3-5-13(11)14(12)16/h2-7,10,15-16H,8-9H2,1H3/t10-/m0/s1. The Hall–Kier alpha value is -1.54. The van der Waals surface area contributed by atoms with Gasteiger partial charge in [0.15, 0.2) is 0 Å². The van der Waals surface area contributed by atoms with Crippen LogP contribution in [0.15, 0.2) is 36.4 Å². The molecule has 2 aromatic rings. The number of phenols is 1. The SMILES string of the molecule is C[C@H](CO)Cc1ccc2ccccc2c1O. The van der Waals surface area contributed by atoms with E-state index < -0.39 is 0 Å². The van der Waals surface area contributed by atoms with Crippen LogP contribution in [-0.4, -0.2) is 16.8 Å². The average Bonchev–Trinajstić information content (AvgIpc) is 2.33. The molecule has 0 aliphatic heterocycles. The van der Waals surface area contributed by atoms with Crippen LogP contribution in [0.3, 0.4) is 0 Å². The first-order valence-electron chi connectivity index (χ1n) is 5.53. The molecule has 0 heterocycles. The molecule has 2 N–H and O–H groups in total. The fourth-order valence-electron chi connectivity index (χ4n) is 1.90. The molecule has 1 atom stereocenters. The Bertz CT molecular complexity index is 491. The van der Waals surface area contributed by atoms with Crippen LogP contribution in [0.4, 0.5) is 0 Å². The van der Waals surface area contributed by atoms with Crippen molar-refractivity contribution in [2.75, 3.05) is 6.61 Å². The van der Waals surface area contributed by atoms with Crippen LogP contribution >= 0.6 is 0 Å². The molecule has 2 aromatic carbocycles. The van der Waals surface area contributed by atoms with E-state index in [1.54, 1.807) is 0 Å². The van der Waals surface area contributed by atoms with E-state index >= 15 is 0 Å². The topological polar surface area (TPSA) is 40.5 Å². The maximum Gasteiger partial charge on any atom is 0.126 e. The van der Waals surface area contributed by atoms with Gasteiger partial charge in [0.2, 0.25) is 0 Å². The summed E-state index contributed by atoms with van der Waals surface area (Å²) in [6.07, 6.45) is 0.702. The summed E-state index contributed by atoms with van der Waals surface area (Å²) in [6.45, 7) is 2.11. The lowest BCUT2D eigenvalue weighted by molar-refractivity contribution is 0.236. The minimum Gasteiger partial charge on any atom is -0.507 e. The summed E-state index contributed by atoms with van der Waals surface area (Å²) in [5.41, 5.74) is 0.903. The van der Waals surface area contributed by atoms with Crippen molar-refractivity contribution in [1.29, 1.82) is 0 Å². The van der Waals surface area contributed by atoms with Gasteiger partial charge in [0, 0.05) is 12.0 Å². The van der Waals surface area contributed by atoms with Crippen molar-refractivity contribution in [3.63, 3.8) is 0 Å². The lowest BCUT2D eigenvalue weighted by Crippen LogP contribution is -2.04. The number of hydrogen-bond donors (Lipinski definition) is 2. The molecule has 0 bridgehead atoms. The highest BCUT2D eigenvalue weighted by atomic mass is 16.3. The van der Waals surface area contributed by atoms with Crippen molar-refractivity contribution in [3.8, 4) is 5.75 Å². The monoisotopic (exact) mass is 216 g/mol. The van der Waals surface area contributed by atoms with Gasteiger partial charge < -0.3 is 10.2 Å². The minimum absolute atomic E-state index is 0.145. The summed E-state index contributed by atoms with van der Waals surface area (Å²) in [5.74, 6) is 0.519. The largest absolute Gasteiger partial charge is 0.507 e. The Morgan fingerprint density at radius 1 is 1.12 bits per heavy atom. The summed E-state index contributed by atoms with van der Waals surface area (Å²) in [7, 11) is 0. The molecular weight excluding hydrogens is 200 g/mol. The van der Waals surface area contributed by atoms with Gasteiger partial charge in [-0.05, 0) is 23.3 Å². The minimum atomic E-state index is 0.145. The van der Waals surface area contributed by atoms with E-state index in [-0.39, 0.29) is 12.5 Å². The Kier molecular flexibility index (Phi) is 3.11. The summed E-state index contributed by atoms with van der Waals surface area (Å²) >= 11 is 0. The van der Waals surface area contributed by atoms with Crippen molar-refractivity contribution < 1.29 is 10.2 Å². The van der Waals surface area contributed by atoms with E-state index in [4.69, 9.17) is 5.11 Å². The molecule has 0 radical (unpaired) electrons. The van der Waals surface area contributed by atoms with Crippen molar-refractivity contribution in [3.05, 3.63) is 42.0 Å². The van der Waals surface area contributed by atoms with Gasteiger partial charge in [-0.15, -0.1) is 0 Å². The molecule has 0 saturated carbocycles. The highest BCUT2D eigenvalue weighted by Gasteiger charge is 2.09. The number of phenolic OH excluding ortho intramolecular Hbond substituents is 1. The number of fused-ring (bicyclic) bond motifs is 1. The van der Waals surface area contributed by atoms with Crippen molar-refractivity contribution in [1.82, 2.24) is 0 Å². The Labute approximate surface area is 95.2 Å². The predicted octanol–water partition coefficient (Wildman–Crippen LogP) is 2.72. The van der Waals surface area contributed by atoms with Crippen LogP contribution in [0.1, 0.15) is 12.5 Å². The summed E-state index contributed by atoms with van der Waals surface area (Å²) < 4.78 is 0. The second-order valence-electron chi connectivity index (χ2n) is 4.29. The molecule has 0 saturated heterocycles. The molecule has 0 aromatic heterocycles. The third-order valence-corrected chi connectivity index (χ3v) is 2.86. The zero-order valence-electron chi connectivity index (χ0n) is 9.35. The van der Waals surface area contributed by atoms with E-state index in [1.807, 2.05) is 43.3 Å². The summed E-state index contributed by atoms with van der Waals surface area (Å²) in [4.78, 5) is 0. The predicted molar refractivity (Wildman–Crippen MR) is 65.6 cm³/mol. The van der Waals surface area contributed by atoms with Crippen LogP contribution < -0.4 is 0 Å². The van der Waals surface area contributed by atoms with E-state index in [1.165, 1.54) is 0 Å². The van der Waals surface area contributed by atoms with Crippen LogP contribution in [0, 0.1) is 5.92 Å². The maximum atomic E-state index is 10.1. The third-order valence-electron chi connectivity index (χ3n) is 2.86. The Balaban J connectivity index is 2.44. The average molecular weight is 216 g/mol. The molecule has 0 unspecified atom stereocenters. The second-order valence-corrected chi connectivity index (χ2v) is 4.29. The van der Waals surface area contributed by atoms with Crippen molar-refractivity contribution in [2.24, 2.45) is 5.92 Å². The number of aromatic hydroxyl groups is 1. The van der Waals surface area contributed by atoms with Gasteiger partial charge in [-0.2, -0.15) is 0 Å². The van der Waals surface area contributed by atoms with Crippen molar-refractivity contribution in [2.45, 2.75) is 13.3 Å². The second kappa shape index (κ2) is 4.54. The molecule has 0 fully saturated rings. The Morgan fingerprint density at radius 2 is 1.88 bits per heavy atom. The normalized spacial score (nSPS) is 12.9. The number of hydrogen-bond acceptors (Lipinski definition) is 2. The molecule has 0 aliphatic carbocycles. The zero-order valence-corrected chi connectivity index (χ0v) is 9.35. The van der Waals surface area contributed by atoms with Gasteiger partial charge in [0.05, 0.1) is 0 Å². The lowest BCUT2D eigenvalue weighted by atomic mass is 9.98. The van der Waals surface area contributed by atoms with E-state index in [9.17, 15) is 5.11 Å². The van der Waals surface area contributed by atoms with Crippen LogP contribution in [-0.2, 0) is 6.42 Å². The lowest BCUT2D eigenvalue weighted by Gasteiger charge is -2.11. The first-order chi connectivity index (χ1) is 7.72.